The van der Waals surface area contributed by atoms with E-state index in [1.165, 1.54) is 12.1 Å². The number of hydrogen-bond acceptors (Lipinski definition) is 5. The second kappa shape index (κ2) is 5.49. The van der Waals surface area contributed by atoms with Crippen molar-refractivity contribution in [2.45, 2.75) is 11.6 Å². The molecule has 0 bridgehead atoms. The van der Waals surface area contributed by atoms with Gasteiger partial charge in [-0.3, -0.25) is 0 Å². The molecule has 6 nitrogen and oxygen atoms in total. The molecule has 0 aliphatic heterocycles. The SMILES string of the molecule is NS(=O)(=O)c1ccc(CNc2cc(Br)cnc2Cl)o1. The van der Waals surface area contributed by atoms with Crippen LogP contribution in [0.3, 0.4) is 0 Å². The Morgan fingerprint density at radius 3 is 2.84 bits per heavy atom. The second-order valence-electron chi connectivity index (χ2n) is 3.61. The second-order valence-corrected chi connectivity index (χ2v) is 6.38. The maximum Gasteiger partial charge on any atom is 0.271 e. The van der Waals surface area contributed by atoms with Crippen LogP contribution in [-0.4, -0.2) is 13.4 Å². The van der Waals surface area contributed by atoms with E-state index in [1.807, 2.05) is 0 Å². The highest BCUT2D eigenvalue weighted by molar-refractivity contribution is 9.10. The van der Waals surface area contributed by atoms with Gasteiger partial charge in [0.15, 0.2) is 5.15 Å². The minimum Gasteiger partial charge on any atom is -0.446 e. The maximum absolute atomic E-state index is 11.0. The van der Waals surface area contributed by atoms with Gasteiger partial charge in [-0.25, -0.2) is 18.5 Å². The predicted octanol–water partition coefficient (Wildman–Crippen LogP) is 2.35. The number of anilines is 1. The zero-order valence-corrected chi connectivity index (χ0v) is 12.6. The molecule has 9 heteroatoms. The van der Waals surface area contributed by atoms with Gasteiger partial charge >= 0.3 is 0 Å². The van der Waals surface area contributed by atoms with E-state index in [-0.39, 0.29) is 11.6 Å². The van der Waals surface area contributed by atoms with Crippen molar-refractivity contribution in [3.05, 3.63) is 39.8 Å². The molecule has 0 unspecified atom stereocenters. The molecule has 2 aromatic rings. The van der Waals surface area contributed by atoms with Crippen molar-refractivity contribution >= 4 is 43.2 Å². The number of aromatic nitrogens is 1. The third-order valence-corrected chi connectivity index (χ3v) is 3.69. The Bertz CT molecular complexity index is 702. The van der Waals surface area contributed by atoms with Gasteiger partial charge in [0.05, 0.1) is 12.2 Å². The van der Waals surface area contributed by atoms with Crippen LogP contribution in [0.5, 0.6) is 0 Å². The van der Waals surface area contributed by atoms with Crippen molar-refractivity contribution in [3.8, 4) is 0 Å². The van der Waals surface area contributed by atoms with Gasteiger partial charge in [0, 0.05) is 10.7 Å². The van der Waals surface area contributed by atoms with E-state index in [2.05, 4.69) is 26.2 Å². The van der Waals surface area contributed by atoms with Crippen molar-refractivity contribution < 1.29 is 12.8 Å². The van der Waals surface area contributed by atoms with E-state index in [0.29, 0.717) is 16.6 Å². The third-order valence-electron chi connectivity index (χ3n) is 2.18. The maximum atomic E-state index is 11.0. The molecular weight excluding hydrogens is 358 g/mol. The third kappa shape index (κ3) is 3.69. The number of nitrogens with two attached hydrogens (primary N) is 1. The molecule has 2 heterocycles. The average molecular weight is 367 g/mol. The molecule has 0 amide bonds. The number of rotatable bonds is 4. The van der Waals surface area contributed by atoms with Crippen LogP contribution in [0, 0.1) is 0 Å². The highest BCUT2D eigenvalue weighted by Gasteiger charge is 2.13. The van der Waals surface area contributed by atoms with Gasteiger partial charge in [-0.2, -0.15) is 0 Å². The van der Waals surface area contributed by atoms with Gasteiger partial charge in [-0.05, 0) is 34.1 Å². The van der Waals surface area contributed by atoms with Crippen molar-refractivity contribution in [1.82, 2.24) is 4.98 Å². The first kappa shape index (κ1) is 14.3. The number of nitrogens with zero attached hydrogens (tertiary/aromatic N) is 1. The van der Waals surface area contributed by atoms with E-state index in [1.54, 1.807) is 12.3 Å². The number of pyridine rings is 1. The lowest BCUT2D eigenvalue weighted by atomic mass is 10.4. The zero-order chi connectivity index (χ0) is 14.0. The van der Waals surface area contributed by atoms with Gasteiger partial charge in [-0.15, -0.1) is 0 Å². The Balaban J connectivity index is 2.11. The molecule has 0 fully saturated rings. The van der Waals surface area contributed by atoms with Crippen molar-refractivity contribution in [1.29, 1.82) is 0 Å². The fourth-order valence-electron chi connectivity index (χ4n) is 1.34. The number of sulfonamides is 1. The summed E-state index contributed by atoms with van der Waals surface area (Å²) in [6.45, 7) is 0.257. The monoisotopic (exact) mass is 365 g/mol. The van der Waals surface area contributed by atoms with Gasteiger partial charge in [0.25, 0.3) is 10.0 Å². The van der Waals surface area contributed by atoms with Gasteiger partial charge in [-0.1, -0.05) is 11.6 Å². The van der Waals surface area contributed by atoms with Crippen molar-refractivity contribution in [2.75, 3.05) is 5.32 Å². The molecule has 0 saturated carbocycles. The van der Waals surface area contributed by atoms with E-state index < -0.39 is 10.0 Å². The number of furan rings is 1. The zero-order valence-electron chi connectivity index (χ0n) is 9.43. The Labute approximate surface area is 123 Å². The minimum absolute atomic E-state index is 0.257. The molecule has 0 spiro atoms. The minimum atomic E-state index is -3.82. The first-order valence-corrected chi connectivity index (χ1v) is 7.74. The Morgan fingerprint density at radius 2 is 2.21 bits per heavy atom. The average Bonchev–Trinajstić information content (AvgIpc) is 2.79. The fraction of sp³-hybridized carbons (Fsp3) is 0.100. The first-order chi connectivity index (χ1) is 8.86. The van der Waals surface area contributed by atoms with Gasteiger partial charge in [0.1, 0.15) is 5.76 Å². The molecule has 2 aromatic heterocycles. The number of nitrogens with one attached hydrogen (secondary N) is 1. The van der Waals surface area contributed by atoms with Crippen molar-refractivity contribution in [2.24, 2.45) is 5.14 Å². The summed E-state index contributed by atoms with van der Waals surface area (Å²) in [6.07, 6.45) is 1.57. The molecule has 0 aliphatic carbocycles. The lowest BCUT2D eigenvalue weighted by molar-refractivity contribution is 0.419. The summed E-state index contributed by atoms with van der Waals surface area (Å²) < 4.78 is 27.9. The standard InChI is InChI=1S/C10H9BrClN3O3S/c11-6-3-8(10(12)15-4-6)14-5-7-1-2-9(18-7)19(13,16)17/h1-4,14H,5H2,(H2,13,16,17). The summed E-state index contributed by atoms with van der Waals surface area (Å²) in [7, 11) is -3.82. The largest absolute Gasteiger partial charge is 0.446 e. The summed E-state index contributed by atoms with van der Waals surface area (Å²) in [5.41, 5.74) is 0.601. The van der Waals surface area contributed by atoms with Crippen LogP contribution in [0.2, 0.25) is 5.15 Å². The first-order valence-electron chi connectivity index (χ1n) is 5.02. The fourth-order valence-corrected chi connectivity index (χ4v) is 2.32. The van der Waals surface area contributed by atoms with Crippen LogP contribution >= 0.6 is 27.5 Å². The molecule has 3 N–H and O–H groups in total. The topological polar surface area (TPSA) is 98.2 Å². The van der Waals surface area contributed by atoms with Crippen LogP contribution in [0.25, 0.3) is 0 Å². The number of primary sulfonamides is 1. The molecule has 0 atom stereocenters. The van der Waals surface area contributed by atoms with E-state index in [9.17, 15) is 8.42 Å². The molecule has 19 heavy (non-hydrogen) atoms. The lowest BCUT2D eigenvalue weighted by Gasteiger charge is -2.06. The Kier molecular flexibility index (Phi) is 4.14. The van der Waals surface area contributed by atoms with Crippen LogP contribution in [0.1, 0.15) is 5.76 Å². The summed E-state index contributed by atoms with van der Waals surface area (Å²) in [6, 6.07) is 4.57. The summed E-state index contributed by atoms with van der Waals surface area (Å²) in [4.78, 5) is 3.94. The molecule has 2 rings (SSSR count). The molecule has 0 aromatic carbocycles. The Morgan fingerprint density at radius 1 is 1.47 bits per heavy atom. The molecule has 102 valence electrons. The molecule has 0 radical (unpaired) electrons. The molecule has 0 saturated heterocycles. The highest BCUT2D eigenvalue weighted by atomic mass is 79.9. The number of hydrogen-bond donors (Lipinski definition) is 2. The van der Waals surface area contributed by atoms with E-state index >= 15 is 0 Å². The Hall–Kier alpha value is -1.09. The summed E-state index contributed by atoms with van der Waals surface area (Å²) >= 11 is 9.17. The predicted molar refractivity (Wildman–Crippen MR) is 74.4 cm³/mol. The van der Waals surface area contributed by atoms with Crippen LogP contribution < -0.4 is 10.5 Å². The quantitative estimate of drug-likeness (QED) is 0.809. The van der Waals surface area contributed by atoms with Crippen LogP contribution in [0.4, 0.5) is 5.69 Å². The lowest BCUT2D eigenvalue weighted by Crippen LogP contribution is -2.10. The van der Waals surface area contributed by atoms with E-state index in [0.717, 1.165) is 4.47 Å². The van der Waals surface area contributed by atoms with E-state index in [4.69, 9.17) is 21.2 Å². The van der Waals surface area contributed by atoms with Crippen LogP contribution in [-0.2, 0) is 16.6 Å². The van der Waals surface area contributed by atoms with Gasteiger partial charge in [0.2, 0.25) is 5.09 Å². The highest BCUT2D eigenvalue weighted by Crippen LogP contribution is 2.24. The van der Waals surface area contributed by atoms with Crippen molar-refractivity contribution in [3.63, 3.8) is 0 Å². The van der Waals surface area contributed by atoms with Gasteiger partial charge < -0.3 is 9.73 Å². The van der Waals surface area contributed by atoms with Crippen LogP contribution in [0.15, 0.2) is 38.4 Å². The molecular formula is C10H9BrClN3O3S. The smallest absolute Gasteiger partial charge is 0.271 e. The summed E-state index contributed by atoms with van der Waals surface area (Å²) in [5, 5.41) is 7.95. The molecule has 0 aliphatic rings. The summed E-state index contributed by atoms with van der Waals surface area (Å²) in [5.74, 6) is 0.417. The normalized spacial score (nSPS) is 11.5. The number of halogens is 2.